The van der Waals surface area contributed by atoms with Crippen molar-refractivity contribution in [2.45, 2.75) is 46.6 Å². The molecule has 2 aromatic heterocycles. The topological polar surface area (TPSA) is 83.4 Å². The van der Waals surface area contributed by atoms with E-state index in [1.54, 1.807) is 19.1 Å². The van der Waals surface area contributed by atoms with Crippen molar-refractivity contribution in [3.63, 3.8) is 0 Å². The minimum atomic E-state index is -0.345. The van der Waals surface area contributed by atoms with E-state index in [1.165, 1.54) is 28.5 Å². The summed E-state index contributed by atoms with van der Waals surface area (Å²) in [6.45, 7) is 5.46. The summed E-state index contributed by atoms with van der Waals surface area (Å²) in [7, 11) is 0. The molecular formula is C19H22FN5O2. The smallest absolute Gasteiger partial charge is 0.277 e. The van der Waals surface area contributed by atoms with Crippen LogP contribution in [-0.4, -0.2) is 25.5 Å². The molecule has 0 atom stereocenters. The predicted octanol–water partition coefficient (Wildman–Crippen LogP) is 2.76. The number of nitrogens with zero attached hydrogens (tertiary/aromatic N) is 4. The van der Waals surface area contributed by atoms with Crippen molar-refractivity contribution in [1.29, 1.82) is 0 Å². The van der Waals surface area contributed by atoms with E-state index in [1.807, 2.05) is 0 Å². The molecule has 0 saturated heterocycles. The highest BCUT2D eigenvalue weighted by atomic mass is 19.1. The zero-order chi connectivity index (χ0) is 19.6. The summed E-state index contributed by atoms with van der Waals surface area (Å²) in [4.78, 5) is 35.0. The van der Waals surface area contributed by atoms with Crippen LogP contribution in [0.1, 0.15) is 43.5 Å². The van der Waals surface area contributed by atoms with E-state index in [2.05, 4.69) is 22.0 Å². The molecule has 0 saturated carbocycles. The Balaban J connectivity index is 2.00. The molecule has 0 aliphatic rings. The van der Waals surface area contributed by atoms with E-state index in [9.17, 15) is 14.0 Å². The first-order chi connectivity index (χ1) is 12.9. The molecule has 0 fully saturated rings. The summed E-state index contributed by atoms with van der Waals surface area (Å²) in [5.41, 5.74) is 1.85. The first kappa shape index (κ1) is 18.8. The van der Waals surface area contributed by atoms with Crippen LogP contribution in [0.25, 0.3) is 5.78 Å². The third kappa shape index (κ3) is 3.89. The zero-order valence-corrected chi connectivity index (χ0v) is 15.6. The molecule has 0 aliphatic heterocycles. The molecular weight excluding hydrogens is 349 g/mol. The number of nitrogens with one attached hydrogen (secondary N) is 1. The van der Waals surface area contributed by atoms with Gasteiger partial charge in [0.05, 0.1) is 12.2 Å². The van der Waals surface area contributed by atoms with Gasteiger partial charge in [0.1, 0.15) is 5.82 Å². The van der Waals surface area contributed by atoms with E-state index >= 15 is 0 Å². The Morgan fingerprint density at radius 2 is 1.96 bits per heavy atom. The molecule has 1 amide bonds. The van der Waals surface area contributed by atoms with Crippen LogP contribution in [0.3, 0.4) is 0 Å². The van der Waals surface area contributed by atoms with E-state index in [0.717, 1.165) is 18.4 Å². The third-order valence-corrected chi connectivity index (χ3v) is 4.45. The number of benzene rings is 1. The fourth-order valence-corrected chi connectivity index (χ4v) is 2.91. The molecule has 8 heteroatoms. The Morgan fingerprint density at radius 1 is 1.26 bits per heavy atom. The van der Waals surface area contributed by atoms with Gasteiger partial charge in [0.2, 0.25) is 11.9 Å². The molecule has 3 aromatic rings. The van der Waals surface area contributed by atoms with Gasteiger partial charge < -0.3 is 0 Å². The number of unbranched alkanes of at least 4 members (excludes halogenated alkanes) is 1. The van der Waals surface area contributed by atoms with Gasteiger partial charge in [-0.2, -0.15) is 9.50 Å². The van der Waals surface area contributed by atoms with Crippen LogP contribution in [-0.2, 0) is 17.8 Å². The standard InChI is InChI=1S/C19H22FN5O2/c1-4-5-6-16-12(2)21-18-22-19(23-25(18)17(16)27)24(13(3)26)11-14-7-9-15(20)10-8-14/h7-10H,4-6,11H2,1-3H3,(H,21,22,23). The van der Waals surface area contributed by atoms with Crippen LogP contribution in [0.2, 0.25) is 0 Å². The van der Waals surface area contributed by atoms with Crippen molar-refractivity contribution in [1.82, 2.24) is 19.6 Å². The second-order valence-corrected chi connectivity index (χ2v) is 6.50. The summed E-state index contributed by atoms with van der Waals surface area (Å²) in [6.07, 6.45) is 2.53. The molecule has 0 unspecified atom stereocenters. The number of aromatic nitrogens is 4. The average molecular weight is 371 g/mol. The van der Waals surface area contributed by atoms with Gasteiger partial charge in [-0.15, -0.1) is 0 Å². The van der Waals surface area contributed by atoms with Crippen LogP contribution >= 0.6 is 0 Å². The fourth-order valence-electron chi connectivity index (χ4n) is 2.91. The lowest BCUT2D eigenvalue weighted by Gasteiger charge is -2.17. The normalized spacial score (nSPS) is 11.1. The number of hydrogen-bond acceptors (Lipinski definition) is 4. The van der Waals surface area contributed by atoms with Crippen LogP contribution in [0.4, 0.5) is 10.3 Å². The van der Waals surface area contributed by atoms with Crippen molar-refractivity contribution in [3.8, 4) is 0 Å². The highest BCUT2D eigenvalue weighted by molar-refractivity contribution is 5.89. The number of aromatic amines is 1. The minimum Gasteiger partial charge on any atom is -0.277 e. The second kappa shape index (κ2) is 7.69. The van der Waals surface area contributed by atoms with Crippen molar-refractivity contribution in [2.24, 2.45) is 0 Å². The summed E-state index contributed by atoms with van der Waals surface area (Å²) in [5.74, 6) is -0.154. The van der Waals surface area contributed by atoms with E-state index in [4.69, 9.17) is 0 Å². The highest BCUT2D eigenvalue weighted by Crippen LogP contribution is 2.15. The van der Waals surface area contributed by atoms with Crippen LogP contribution in [0.15, 0.2) is 29.1 Å². The maximum absolute atomic E-state index is 13.1. The highest BCUT2D eigenvalue weighted by Gasteiger charge is 2.19. The number of halogens is 1. The lowest BCUT2D eigenvalue weighted by atomic mass is 10.1. The zero-order valence-electron chi connectivity index (χ0n) is 15.6. The first-order valence-electron chi connectivity index (χ1n) is 8.91. The van der Waals surface area contributed by atoms with Crippen molar-refractivity contribution in [3.05, 3.63) is 57.3 Å². The molecule has 3 rings (SSSR count). The van der Waals surface area contributed by atoms with Crippen LogP contribution in [0.5, 0.6) is 0 Å². The van der Waals surface area contributed by atoms with E-state index in [0.29, 0.717) is 17.7 Å². The van der Waals surface area contributed by atoms with Crippen molar-refractivity contribution < 1.29 is 9.18 Å². The Kier molecular flexibility index (Phi) is 5.34. The number of carbonyl (C=O) groups is 1. The van der Waals surface area contributed by atoms with Crippen LogP contribution < -0.4 is 10.5 Å². The Labute approximate surface area is 155 Å². The minimum absolute atomic E-state index is 0.199. The molecule has 1 N–H and O–H groups in total. The van der Waals surface area contributed by atoms with Gasteiger partial charge in [0.25, 0.3) is 11.3 Å². The monoisotopic (exact) mass is 371 g/mol. The van der Waals surface area contributed by atoms with Gasteiger partial charge in [-0.05, 0) is 37.5 Å². The molecule has 1 aromatic carbocycles. The van der Waals surface area contributed by atoms with Gasteiger partial charge in [-0.25, -0.2) is 9.37 Å². The van der Waals surface area contributed by atoms with E-state index in [-0.39, 0.29) is 35.6 Å². The van der Waals surface area contributed by atoms with Gasteiger partial charge in [-0.1, -0.05) is 25.5 Å². The Morgan fingerprint density at radius 3 is 2.59 bits per heavy atom. The predicted molar refractivity (Wildman–Crippen MR) is 100 cm³/mol. The molecule has 0 bridgehead atoms. The maximum atomic E-state index is 13.1. The summed E-state index contributed by atoms with van der Waals surface area (Å²) < 4.78 is 14.4. The number of rotatable bonds is 6. The van der Waals surface area contributed by atoms with E-state index < -0.39 is 0 Å². The number of anilines is 1. The average Bonchev–Trinajstić information content (AvgIpc) is 3.04. The Hall–Kier alpha value is -3.03. The number of aryl methyl sites for hydroxylation is 1. The third-order valence-electron chi connectivity index (χ3n) is 4.45. The molecule has 0 radical (unpaired) electrons. The quantitative estimate of drug-likeness (QED) is 0.722. The molecule has 27 heavy (non-hydrogen) atoms. The van der Waals surface area contributed by atoms with Gasteiger partial charge in [0.15, 0.2) is 0 Å². The Bertz CT molecular complexity index is 1020. The van der Waals surface area contributed by atoms with Crippen molar-refractivity contribution >= 4 is 17.6 Å². The molecule has 7 nitrogen and oxygen atoms in total. The number of carbonyl (C=O) groups excluding carboxylic acids is 1. The van der Waals surface area contributed by atoms with Crippen LogP contribution in [0, 0.1) is 12.7 Å². The number of fused-ring (bicyclic) bond motifs is 1. The lowest BCUT2D eigenvalue weighted by molar-refractivity contribution is -0.116. The molecule has 0 spiro atoms. The van der Waals surface area contributed by atoms with Gasteiger partial charge in [0, 0.05) is 12.5 Å². The molecule has 0 aliphatic carbocycles. The summed E-state index contributed by atoms with van der Waals surface area (Å²) in [6, 6.07) is 5.88. The number of amides is 1. The largest absolute Gasteiger partial charge is 0.277 e. The van der Waals surface area contributed by atoms with Gasteiger partial charge in [-0.3, -0.25) is 19.6 Å². The second-order valence-electron chi connectivity index (χ2n) is 6.50. The van der Waals surface area contributed by atoms with Crippen molar-refractivity contribution in [2.75, 3.05) is 4.90 Å². The SMILES string of the molecule is CCCCc1c(C)nc2nc(N(Cc3ccc(F)cc3)C(C)=O)[nH]n2c1=O. The summed E-state index contributed by atoms with van der Waals surface area (Å²) in [5, 5.41) is 2.88. The molecule has 2 heterocycles. The lowest BCUT2D eigenvalue weighted by Crippen LogP contribution is -2.29. The summed E-state index contributed by atoms with van der Waals surface area (Å²) >= 11 is 0. The first-order valence-corrected chi connectivity index (χ1v) is 8.91. The maximum Gasteiger partial charge on any atom is 0.277 e. The number of H-pyrrole nitrogens is 1. The van der Waals surface area contributed by atoms with Gasteiger partial charge >= 0.3 is 0 Å². The fraction of sp³-hybridized carbons (Fsp3) is 0.368. The molecule has 142 valence electrons. The number of hydrogen-bond donors (Lipinski definition) is 1.